The zero-order valence-corrected chi connectivity index (χ0v) is 19.8. The van der Waals surface area contributed by atoms with Crippen molar-refractivity contribution in [3.63, 3.8) is 0 Å². The summed E-state index contributed by atoms with van der Waals surface area (Å²) in [6.07, 6.45) is 4.24. The Morgan fingerprint density at radius 1 is 1.26 bits per heavy atom. The Morgan fingerprint density at radius 2 is 1.90 bits per heavy atom. The fourth-order valence-corrected chi connectivity index (χ4v) is 3.46. The van der Waals surface area contributed by atoms with Crippen molar-refractivity contribution in [2.75, 3.05) is 25.1 Å². The van der Waals surface area contributed by atoms with Gasteiger partial charge in [0.1, 0.15) is 11.4 Å². The van der Waals surface area contributed by atoms with Gasteiger partial charge in [0, 0.05) is 26.0 Å². The molecule has 31 heavy (non-hydrogen) atoms. The number of aromatic nitrogens is 2. The van der Waals surface area contributed by atoms with Crippen LogP contribution in [0.5, 0.6) is 0 Å². The predicted octanol–water partition coefficient (Wildman–Crippen LogP) is 4.13. The van der Waals surface area contributed by atoms with Gasteiger partial charge >= 0.3 is 6.09 Å². The predicted molar refractivity (Wildman–Crippen MR) is 120 cm³/mol. The van der Waals surface area contributed by atoms with Crippen LogP contribution < -0.4 is 10.6 Å². The van der Waals surface area contributed by atoms with E-state index in [9.17, 15) is 4.79 Å². The first-order valence-corrected chi connectivity index (χ1v) is 11.1. The summed E-state index contributed by atoms with van der Waals surface area (Å²) >= 11 is 6.02. The van der Waals surface area contributed by atoms with Crippen molar-refractivity contribution in [2.45, 2.75) is 77.7 Å². The molecule has 1 heterocycles. The summed E-state index contributed by atoms with van der Waals surface area (Å²) in [6.45, 7) is 10.7. The molecular weight excluding hydrogens is 420 g/mol. The third-order valence-electron chi connectivity index (χ3n) is 4.64. The molecule has 1 aromatic rings. The van der Waals surface area contributed by atoms with Crippen molar-refractivity contribution in [3.05, 3.63) is 17.0 Å². The number of amides is 1. The standard InChI is InChI=1S/C22H33ClN4O4/c1-6-29-17(30-7-2)11-10-16-14-24-19(23)26-18(16)25-15-22(12-8-9-13-22)27-20(28)31-21(3,4)5/h14,17H,6-9,12-13,15H2,1-5H3,(H,27,28)(H,24,25,26). The van der Waals surface area contributed by atoms with E-state index in [1.165, 1.54) is 0 Å². The van der Waals surface area contributed by atoms with Crippen LogP contribution in [0.25, 0.3) is 0 Å². The molecular formula is C22H33ClN4O4. The molecule has 172 valence electrons. The largest absolute Gasteiger partial charge is 0.444 e. The maximum absolute atomic E-state index is 12.4. The third kappa shape index (κ3) is 8.52. The van der Waals surface area contributed by atoms with E-state index in [2.05, 4.69) is 32.4 Å². The Balaban J connectivity index is 2.15. The molecule has 0 bridgehead atoms. The van der Waals surface area contributed by atoms with Crippen LogP contribution in [0.15, 0.2) is 6.20 Å². The molecule has 1 fully saturated rings. The van der Waals surface area contributed by atoms with Crippen LogP contribution in [-0.4, -0.2) is 53.2 Å². The highest BCUT2D eigenvalue weighted by molar-refractivity contribution is 6.28. The number of nitrogens with one attached hydrogen (secondary N) is 2. The number of rotatable bonds is 8. The van der Waals surface area contributed by atoms with Gasteiger partial charge in [0.2, 0.25) is 11.6 Å². The number of ether oxygens (including phenoxy) is 3. The Morgan fingerprint density at radius 3 is 2.48 bits per heavy atom. The molecule has 0 radical (unpaired) electrons. The fraction of sp³-hybridized carbons (Fsp3) is 0.682. The molecule has 1 saturated carbocycles. The minimum absolute atomic E-state index is 0.111. The minimum atomic E-state index is -0.631. The van der Waals surface area contributed by atoms with E-state index < -0.39 is 23.5 Å². The SMILES string of the molecule is CCOC(C#Cc1cnc(Cl)nc1NCC1(NC(=O)OC(C)(C)C)CCCC1)OCC. The molecule has 0 unspecified atom stereocenters. The van der Waals surface area contributed by atoms with Crippen molar-refractivity contribution in [3.8, 4) is 11.8 Å². The first-order chi connectivity index (χ1) is 14.7. The highest BCUT2D eigenvalue weighted by Crippen LogP contribution is 2.30. The van der Waals surface area contributed by atoms with Gasteiger partial charge in [0.05, 0.1) is 11.1 Å². The number of carbonyl (C=O) groups excluding carboxylic acids is 1. The minimum Gasteiger partial charge on any atom is -0.444 e. The molecule has 0 aromatic carbocycles. The normalized spacial score (nSPS) is 15.3. The van der Waals surface area contributed by atoms with Crippen molar-refractivity contribution in [2.24, 2.45) is 0 Å². The van der Waals surface area contributed by atoms with Gasteiger partial charge in [-0.25, -0.2) is 9.78 Å². The van der Waals surface area contributed by atoms with Crippen LogP contribution in [0, 0.1) is 11.8 Å². The molecule has 0 aliphatic heterocycles. The number of hydrogen-bond acceptors (Lipinski definition) is 7. The zero-order chi connectivity index (χ0) is 22.9. The number of carbonyl (C=O) groups is 1. The lowest BCUT2D eigenvalue weighted by molar-refractivity contribution is -0.0969. The van der Waals surface area contributed by atoms with E-state index >= 15 is 0 Å². The van der Waals surface area contributed by atoms with Gasteiger partial charge in [0.15, 0.2) is 0 Å². The number of halogens is 1. The average molecular weight is 453 g/mol. The second-order valence-corrected chi connectivity index (χ2v) is 8.72. The molecule has 9 heteroatoms. The van der Waals surface area contributed by atoms with Crippen LogP contribution >= 0.6 is 11.6 Å². The van der Waals surface area contributed by atoms with Crippen LogP contribution in [0.4, 0.5) is 10.6 Å². The van der Waals surface area contributed by atoms with Crippen molar-refractivity contribution in [1.29, 1.82) is 0 Å². The van der Waals surface area contributed by atoms with Crippen molar-refractivity contribution < 1.29 is 19.0 Å². The summed E-state index contributed by atoms with van der Waals surface area (Å²) in [6, 6.07) is 0. The van der Waals surface area contributed by atoms with Crippen molar-refractivity contribution in [1.82, 2.24) is 15.3 Å². The molecule has 1 aliphatic carbocycles. The fourth-order valence-electron chi connectivity index (χ4n) is 3.33. The second kappa shape index (κ2) is 11.5. The van der Waals surface area contributed by atoms with Gasteiger partial charge < -0.3 is 24.8 Å². The average Bonchev–Trinajstić information content (AvgIpc) is 3.12. The molecule has 0 saturated heterocycles. The first-order valence-electron chi connectivity index (χ1n) is 10.7. The quantitative estimate of drug-likeness (QED) is 0.348. The van der Waals surface area contributed by atoms with Crippen LogP contribution in [0.2, 0.25) is 5.28 Å². The topological polar surface area (TPSA) is 94.6 Å². The van der Waals surface area contributed by atoms with E-state index in [1.54, 1.807) is 6.20 Å². The summed E-state index contributed by atoms with van der Waals surface area (Å²) in [4.78, 5) is 20.7. The molecule has 0 atom stereocenters. The van der Waals surface area contributed by atoms with Gasteiger partial charge in [-0.2, -0.15) is 4.98 Å². The summed E-state index contributed by atoms with van der Waals surface area (Å²) in [5, 5.41) is 6.47. The molecule has 0 spiro atoms. The number of anilines is 1. The third-order valence-corrected chi connectivity index (χ3v) is 4.82. The molecule has 1 amide bonds. The Kier molecular flexibility index (Phi) is 9.35. The Bertz CT molecular complexity index is 789. The van der Waals surface area contributed by atoms with E-state index in [-0.39, 0.29) is 5.28 Å². The van der Waals surface area contributed by atoms with E-state index in [0.717, 1.165) is 25.7 Å². The maximum atomic E-state index is 12.4. The second-order valence-electron chi connectivity index (χ2n) is 8.38. The summed E-state index contributed by atoms with van der Waals surface area (Å²) < 4.78 is 16.4. The lowest BCUT2D eigenvalue weighted by Crippen LogP contribution is -2.52. The van der Waals surface area contributed by atoms with Gasteiger partial charge in [0.25, 0.3) is 0 Å². The molecule has 1 aromatic heterocycles. The van der Waals surface area contributed by atoms with E-state index in [4.69, 9.17) is 25.8 Å². The monoisotopic (exact) mass is 452 g/mol. The van der Waals surface area contributed by atoms with Gasteiger partial charge in [-0.15, -0.1) is 0 Å². The van der Waals surface area contributed by atoms with Gasteiger partial charge in [-0.1, -0.05) is 18.8 Å². The van der Waals surface area contributed by atoms with Gasteiger partial charge in [-0.3, -0.25) is 0 Å². The lowest BCUT2D eigenvalue weighted by Gasteiger charge is -2.32. The van der Waals surface area contributed by atoms with Crippen LogP contribution in [-0.2, 0) is 14.2 Å². The Hall–Kier alpha value is -2.08. The molecule has 2 N–H and O–H groups in total. The smallest absolute Gasteiger partial charge is 0.408 e. The van der Waals surface area contributed by atoms with E-state index in [1.807, 2.05) is 34.6 Å². The van der Waals surface area contributed by atoms with Crippen LogP contribution in [0.1, 0.15) is 65.9 Å². The first kappa shape index (κ1) is 25.2. The maximum Gasteiger partial charge on any atom is 0.408 e. The van der Waals surface area contributed by atoms with Crippen LogP contribution in [0.3, 0.4) is 0 Å². The number of nitrogens with zero attached hydrogens (tertiary/aromatic N) is 2. The lowest BCUT2D eigenvalue weighted by atomic mass is 9.97. The highest BCUT2D eigenvalue weighted by Gasteiger charge is 2.36. The number of hydrogen-bond donors (Lipinski definition) is 2. The summed E-state index contributed by atoms with van der Waals surface area (Å²) in [5.41, 5.74) is -0.416. The van der Waals surface area contributed by atoms with Crippen molar-refractivity contribution >= 4 is 23.5 Å². The molecule has 8 nitrogen and oxygen atoms in total. The summed E-state index contributed by atoms with van der Waals surface area (Å²) in [5.74, 6) is 6.45. The zero-order valence-electron chi connectivity index (χ0n) is 19.0. The highest BCUT2D eigenvalue weighted by atomic mass is 35.5. The summed E-state index contributed by atoms with van der Waals surface area (Å²) in [7, 11) is 0. The van der Waals surface area contributed by atoms with Gasteiger partial charge in [-0.05, 0) is 65.0 Å². The molecule has 1 aliphatic rings. The number of alkyl carbamates (subject to hydrolysis) is 1. The van der Waals surface area contributed by atoms with E-state index in [0.29, 0.717) is 31.1 Å². The Labute approximate surface area is 189 Å². The molecule has 2 rings (SSSR count).